The van der Waals surface area contributed by atoms with Crippen LogP contribution in [0.25, 0.3) is 0 Å². The number of allylic oxidation sites excluding steroid dienone is 3. The first-order chi connectivity index (χ1) is 9.83. The molecule has 0 radical (unpaired) electrons. The first-order valence-corrected chi connectivity index (χ1v) is 9.13. The van der Waals surface area contributed by atoms with Crippen LogP contribution in [0.4, 0.5) is 0 Å². The molecule has 2 rings (SSSR count). The molecule has 0 heteroatoms. The van der Waals surface area contributed by atoms with Crippen LogP contribution in [0.2, 0.25) is 0 Å². The third kappa shape index (κ3) is 17.5. The van der Waals surface area contributed by atoms with Crippen LogP contribution in [0, 0.1) is 0 Å². The molecule has 0 aromatic carbocycles. The Bertz CT molecular complexity index is 182. The van der Waals surface area contributed by atoms with Gasteiger partial charge >= 0.3 is 0 Å². The minimum atomic E-state index is 1.29. The van der Waals surface area contributed by atoms with Gasteiger partial charge in [-0.15, -0.1) is 0 Å². The summed E-state index contributed by atoms with van der Waals surface area (Å²) in [5, 5.41) is 0. The monoisotopic (exact) mass is 282 g/mol. The van der Waals surface area contributed by atoms with E-state index in [1.807, 2.05) is 41.5 Å². The van der Waals surface area contributed by atoms with Gasteiger partial charge in [-0.3, -0.25) is 0 Å². The van der Waals surface area contributed by atoms with E-state index in [0.717, 1.165) is 0 Å². The predicted molar refractivity (Wildman–Crippen MR) is 98.5 cm³/mol. The Kier molecular flexibility index (Phi) is 28.9. The average Bonchev–Trinajstić information content (AvgIpc) is 3.05. The molecule has 2 saturated carbocycles. The molecule has 2 aliphatic carbocycles. The summed E-state index contributed by atoms with van der Waals surface area (Å²) in [6, 6.07) is 0. The van der Waals surface area contributed by atoms with Crippen LogP contribution in [0.15, 0.2) is 23.8 Å². The fourth-order valence-electron chi connectivity index (χ4n) is 2.17. The van der Waals surface area contributed by atoms with Crippen molar-refractivity contribution in [1.29, 1.82) is 0 Å². The van der Waals surface area contributed by atoms with Crippen LogP contribution in [0.3, 0.4) is 0 Å². The quantitative estimate of drug-likeness (QED) is 0.394. The van der Waals surface area contributed by atoms with Crippen LogP contribution in [-0.2, 0) is 0 Å². The summed E-state index contributed by atoms with van der Waals surface area (Å²) in [7, 11) is 0. The molecule has 0 spiro atoms. The van der Waals surface area contributed by atoms with E-state index in [9.17, 15) is 0 Å². The van der Waals surface area contributed by atoms with E-state index in [-0.39, 0.29) is 0 Å². The Labute approximate surface area is 130 Å². The molecule has 0 aromatic heterocycles. The lowest BCUT2D eigenvalue weighted by Crippen LogP contribution is -1.91. The van der Waals surface area contributed by atoms with Crippen molar-refractivity contribution >= 4 is 0 Å². The van der Waals surface area contributed by atoms with Gasteiger partial charge in [-0.05, 0) is 58.3 Å². The predicted octanol–water partition coefficient (Wildman–Crippen LogP) is 8.09. The SMILES string of the molecule is C=C1CCCC1.CC.CC.CC.CC=C1CCCCC1. The van der Waals surface area contributed by atoms with E-state index in [1.165, 1.54) is 63.4 Å². The molecule has 0 aromatic rings. The molecule has 20 heavy (non-hydrogen) atoms. The molecule has 0 heterocycles. The Morgan fingerprint density at radius 3 is 1.20 bits per heavy atom. The van der Waals surface area contributed by atoms with Crippen LogP contribution in [0.1, 0.15) is 106 Å². The summed E-state index contributed by atoms with van der Waals surface area (Å²) in [6.07, 6.45) is 14.7. The molecule has 2 fully saturated rings. The van der Waals surface area contributed by atoms with Crippen molar-refractivity contribution in [2.24, 2.45) is 0 Å². The lowest BCUT2D eigenvalue weighted by atomic mass is 9.95. The van der Waals surface area contributed by atoms with E-state index >= 15 is 0 Å². The van der Waals surface area contributed by atoms with Gasteiger partial charge in [0.05, 0.1) is 0 Å². The summed E-state index contributed by atoms with van der Waals surface area (Å²) >= 11 is 0. The first-order valence-electron chi connectivity index (χ1n) is 9.13. The third-order valence-corrected chi connectivity index (χ3v) is 3.21. The van der Waals surface area contributed by atoms with Crippen LogP contribution >= 0.6 is 0 Å². The maximum atomic E-state index is 3.85. The number of hydrogen-bond donors (Lipinski definition) is 0. The lowest BCUT2D eigenvalue weighted by Gasteiger charge is -2.11. The van der Waals surface area contributed by atoms with E-state index in [0.29, 0.717) is 0 Å². The highest BCUT2D eigenvalue weighted by Gasteiger charge is 2.02. The largest absolute Gasteiger partial charge is 0.0999 e. The Balaban J connectivity index is -0.000000215. The van der Waals surface area contributed by atoms with Crippen molar-refractivity contribution in [3.05, 3.63) is 23.8 Å². The zero-order chi connectivity index (χ0) is 16.2. The molecule has 2 aliphatic rings. The van der Waals surface area contributed by atoms with E-state index in [1.54, 1.807) is 5.57 Å². The van der Waals surface area contributed by atoms with E-state index in [4.69, 9.17) is 0 Å². The summed E-state index contributed by atoms with van der Waals surface area (Å²) in [4.78, 5) is 0. The molecule has 0 bridgehead atoms. The fraction of sp³-hybridized carbons (Fsp3) is 0.800. The Morgan fingerprint density at radius 2 is 1.00 bits per heavy atom. The second-order valence-electron chi connectivity index (χ2n) is 4.46. The number of rotatable bonds is 0. The van der Waals surface area contributed by atoms with Gasteiger partial charge in [0.2, 0.25) is 0 Å². The topological polar surface area (TPSA) is 0 Å². The fourth-order valence-corrected chi connectivity index (χ4v) is 2.17. The maximum Gasteiger partial charge on any atom is -0.0320 e. The second kappa shape index (κ2) is 23.6. The van der Waals surface area contributed by atoms with Crippen molar-refractivity contribution in [3.63, 3.8) is 0 Å². The van der Waals surface area contributed by atoms with E-state index in [2.05, 4.69) is 19.6 Å². The summed E-state index contributed by atoms with van der Waals surface area (Å²) in [5.41, 5.74) is 3.13. The van der Waals surface area contributed by atoms with Crippen molar-refractivity contribution in [3.8, 4) is 0 Å². The normalized spacial score (nSPS) is 15.9. The van der Waals surface area contributed by atoms with Gasteiger partial charge in [0, 0.05) is 0 Å². The van der Waals surface area contributed by atoms with Crippen LogP contribution < -0.4 is 0 Å². The van der Waals surface area contributed by atoms with Crippen LogP contribution in [-0.4, -0.2) is 0 Å². The molecule has 0 saturated heterocycles. The molecule has 0 nitrogen and oxygen atoms in total. The molecule has 0 amide bonds. The van der Waals surface area contributed by atoms with Crippen molar-refractivity contribution in [1.82, 2.24) is 0 Å². The summed E-state index contributed by atoms with van der Waals surface area (Å²) in [6.45, 7) is 18.0. The molecule has 0 N–H and O–H groups in total. The van der Waals surface area contributed by atoms with Gasteiger partial charge < -0.3 is 0 Å². The second-order valence-corrected chi connectivity index (χ2v) is 4.46. The van der Waals surface area contributed by atoms with Gasteiger partial charge in [0.25, 0.3) is 0 Å². The minimum Gasteiger partial charge on any atom is -0.0999 e. The molecular formula is C20H42. The van der Waals surface area contributed by atoms with Crippen molar-refractivity contribution in [2.75, 3.05) is 0 Å². The zero-order valence-electron chi connectivity index (χ0n) is 15.6. The Hall–Kier alpha value is -0.520. The summed E-state index contributed by atoms with van der Waals surface area (Å²) in [5.74, 6) is 0. The average molecular weight is 283 g/mol. The van der Waals surface area contributed by atoms with Crippen molar-refractivity contribution < 1.29 is 0 Å². The van der Waals surface area contributed by atoms with Gasteiger partial charge in [-0.25, -0.2) is 0 Å². The highest BCUT2D eigenvalue weighted by atomic mass is 14.1. The first kappa shape index (κ1) is 24.5. The number of hydrogen-bond acceptors (Lipinski definition) is 0. The molecular weight excluding hydrogens is 240 g/mol. The highest BCUT2D eigenvalue weighted by Crippen LogP contribution is 2.22. The maximum absolute atomic E-state index is 3.85. The van der Waals surface area contributed by atoms with Crippen LogP contribution in [0.5, 0.6) is 0 Å². The smallest absolute Gasteiger partial charge is 0.0320 e. The van der Waals surface area contributed by atoms with E-state index < -0.39 is 0 Å². The Morgan fingerprint density at radius 1 is 0.650 bits per heavy atom. The molecule has 0 atom stereocenters. The standard InChI is InChI=1S/C8H14.C6H10.3C2H6/c1-2-8-6-4-3-5-7-8;1-6-4-2-3-5-6;3*1-2/h2H,3-7H2,1H3;1-5H2;3*1-2H3. The van der Waals surface area contributed by atoms with Gasteiger partial charge in [-0.2, -0.15) is 0 Å². The third-order valence-electron chi connectivity index (χ3n) is 3.21. The van der Waals surface area contributed by atoms with Gasteiger partial charge in [0.15, 0.2) is 0 Å². The van der Waals surface area contributed by atoms with Gasteiger partial charge in [0.1, 0.15) is 0 Å². The summed E-state index contributed by atoms with van der Waals surface area (Å²) < 4.78 is 0. The van der Waals surface area contributed by atoms with Crippen molar-refractivity contribution in [2.45, 2.75) is 106 Å². The molecule has 0 unspecified atom stereocenters. The lowest BCUT2D eigenvalue weighted by molar-refractivity contribution is 0.598. The van der Waals surface area contributed by atoms with Gasteiger partial charge in [-0.1, -0.05) is 71.8 Å². The zero-order valence-corrected chi connectivity index (χ0v) is 15.6. The minimum absolute atomic E-state index is 1.29. The molecule has 122 valence electrons. The molecule has 0 aliphatic heterocycles. The highest BCUT2D eigenvalue weighted by molar-refractivity contribution is 5.01.